The molecule has 0 aliphatic rings. The minimum absolute atomic E-state index is 0.107. The summed E-state index contributed by atoms with van der Waals surface area (Å²) in [6, 6.07) is 0. The summed E-state index contributed by atoms with van der Waals surface area (Å²) >= 11 is 0. The molecule has 0 saturated carbocycles. The molecule has 0 unspecified atom stereocenters. The van der Waals surface area contributed by atoms with Crippen LogP contribution in [0, 0.1) is 0 Å². The standard InChI is InChI=1S/2C18H36O2.C2H8NO4P/c2*1-2-3-4-5-6-7-8-9-10-11-12-13-14-15-16-17-18(19)20;3-1-2-7-8(4,5)6/h2*2-17H2,1H3,(H,19,20);1-3H2,(H2,4,5,6). The molecular weight excluding hydrogens is 629 g/mol. The number of hydrogen-bond donors (Lipinski definition) is 5. The predicted molar refractivity (Wildman–Crippen MR) is 201 cm³/mol. The van der Waals surface area contributed by atoms with Gasteiger partial charge in [-0.25, -0.2) is 4.57 Å². The Morgan fingerprint density at radius 3 is 0.812 bits per heavy atom. The van der Waals surface area contributed by atoms with E-state index in [1.807, 2.05) is 0 Å². The minimum atomic E-state index is -4.26. The Morgan fingerprint density at radius 2 is 0.667 bits per heavy atom. The van der Waals surface area contributed by atoms with Gasteiger partial charge in [0, 0.05) is 19.4 Å². The quantitative estimate of drug-likeness (QED) is 0.0317. The van der Waals surface area contributed by atoms with Gasteiger partial charge in [-0.3, -0.25) is 14.1 Å². The molecule has 6 N–H and O–H groups in total. The van der Waals surface area contributed by atoms with E-state index < -0.39 is 19.8 Å². The molecule has 0 amide bonds. The van der Waals surface area contributed by atoms with Crippen LogP contribution in [0.15, 0.2) is 0 Å². The van der Waals surface area contributed by atoms with Crippen molar-refractivity contribution >= 4 is 19.8 Å². The first kappa shape index (κ1) is 51.4. The molecule has 0 atom stereocenters. The number of nitrogens with two attached hydrogens (primary N) is 1. The normalized spacial score (nSPS) is 11.0. The molecule has 0 aliphatic heterocycles. The lowest BCUT2D eigenvalue weighted by Crippen LogP contribution is -2.06. The summed E-state index contributed by atoms with van der Waals surface area (Å²) in [5.74, 6) is -1.31. The zero-order chi connectivity index (χ0) is 36.4. The van der Waals surface area contributed by atoms with Gasteiger partial charge >= 0.3 is 19.8 Å². The smallest absolute Gasteiger partial charge is 0.469 e. The van der Waals surface area contributed by atoms with Crippen LogP contribution in [0.1, 0.15) is 219 Å². The summed E-state index contributed by atoms with van der Waals surface area (Å²) in [5.41, 5.74) is 4.87. The summed E-state index contributed by atoms with van der Waals surface area (Å²) in [7, 11) is -4.26. The molecule has 0 aliphatic carbocycles. The second-order valence-corrected chi connectivity index (χ2v) is 14.5. The molecule has 0 fully saturated rings. The number of unbranched alkanes of at least 4 members (excludes halogenated alkanes) is 28. The van der Waals surface area contributed by atoms with Crippen LogP contribution in [-0.2, 0) is 18.7 Å². The van der Waals surface area contributed by atoms with Gasteiger partial charge in [0.05, 0.1) is 6.61 Å². The third-order valence-electron chi connectivity index (χ3n) is 8.37. The Labute approximate surface area is 296 Å². The van der Waals surface area contributed by atoms with Crippen LogP contribution >= 0.6 is 7.82 Å². The first-order valence-corrected chi connectivity index (χ1v) is 21.5. The first-order chi connectivity index (χ1) is 23.1. The fourth-order valence-electron chi connectivity index (χ4n) is 5.47. The Kier molecular flexibility index (Phi) is 47.1. The highest BCUT2D eigenvalue weighted by Gasteiger charge is 2.11. The van der Waals surface area contributed by atoms with Gasteiger partial charge in [-0.1, -0.05) is 194 Å². The van der Waals surface area contributed by atoms with Crippen LogP contribution in [-0.4, -0.2) is 45.1 Å². The Balaban J connectivity index is -0.000000689. The highest BCUT2D eigenvalue weighted by atomic mass is 31.2. The van der Waals surface area contributed by atoms with Crippen molar-refractivity contribution in [2.75, 3.05) is 13.2 Å². The lowest BCUT2D eigenvalue weighted by Gasteiger charge is -2.03. The van der Waals surface area contributed by atoms with Crippen LogP contribution < -0.4 is 5.73 Å². The van der Waals surface area contributed by atoms with Crippen LogP contribution in [0.5, 0.6) is 0 Å². The molecule has 9 nitrogen and oxygen atoms in total. The molecule has 290 valence electrons. The summed E-state index contributed by atoms with van der Waals surface area (Å²) in [5, 5.41) is 17.0. The summed E-state index contributed by atoms with van der Waals surface area (Å²) in [6.45, 7) is 4.55. The van der Waals surface area contributed by atoms with Crippen LogP contribution in [0.3, 0.4) is 0 Å². The van der Waals surface area contributed by atoms with E-state index in [1.165, 1.54) is 167 Å². The maximum Gasteiger partial charge on any atom is 0.469 e. The highest BCUT2D eigenvalue weighted by Crippen LogP contribution is 2.34. The molecule has 48 heavy (non-hydrogen) atoms. The van der Waals surface area contributed by atoms with Crippen molar-refractivity contribution in [1.82, 2.24) is 0 Å². The number of carbonyl (C=O) groups is 2. The molecular formula is C38H80NO8P. The van der Waals surface area contributed by atoms with Crippen molar-refractivity contribution in [3.05, 3.63) is 0 Å². The zero-order valence-electron chi connectivity index (χ0n) is 31.5. The maximum absolute atomic E-state index is 10.3. The van der Waals surface area contributed by atoms with Crippen molar-refractivity contribution in [2.45, 2.75) is 219 Å². The third kappa shape index (κ3) is 60.3. The van der Waals surface area contributed by atoms with E-state index in [4.69, 9.17) is 25.7 Å². The van der Waals surface area contributed by atoms with Crippen LogP contribution in [0.25, 0.3) is 0 Å². The predicted octanol–water partition coefficient (Wildman–Crippen LogP) is 11.7. The Morgan fingerprint density at radius 1 is 0.458 bits per heavy atom. The first-order valence-electron chi connectivity index (χ1n) is 19.9. The van der Waals surface area contributed by atoms with Crippen molar-refractivity contribution < 1.29 is 38.7 Å². The van der Waals surface area contributed by atoms with E-state index in [0.717, 1.165) is 25.7 Å². The second kappa shape index (κ2) is 44.0. The molecule has 0 aromatic rings. The fraction of sp³-hybridized carbons (Fsp3) is 0.947. The lowest BCUT2D eigenvalue weighted by atomic mass is 10.0. The van der Waals surface area contributed by atoms with E-state index in [1.54, 1.807) is 0 Å². The average Bonchev–Trinajstić information content (AvgIpc) is 3.03. The van der Waals surface area contributed by atoms with E-state index in [9.17, 15) is 14.2 Å². The average molecular weight is 710 g/mol. The monoisotopic (exact) mass is 710 g/mol. The van der Waals surface area contributed by atoms with Crippen LogP contribution in [0.2, 0.25) is 0 Å². The number of phosphoric acid groups is 1. The topological polar surface area (TPSA) is 167 Å². The minimum Gasteiger partial charge on any atom is -0.481 e. The Bertz CT molecular complexity index is 646. The van der Waals surface area contributed by atoms with Crippen molar-refractivity contribution in [3.8, 4) is 0 Å². The van der Waals surface area contributed by atoms with Gasteiger partial charge in [0.25, 0.3) is 0 Å². The molecule has 0 spiro atoms. The third-order valence-corrected chi connectivity index (χ3v) is 8.88. The fourth-order valence-corrected chi connectivity index (χ4v) is 5.81. The summed E-state index contributed by atoms with van der Waals surface area (Å²) in [4.78, 5) is 36.6. The summed E-state index contributed by atoms with van der Waals surface area (Å²) < 4.78 is 13.7. The summed E-state index contributed by atoms with van der Waals surface area (Å²) in [6.07, 6.45) is 40.4. The van der Waals surface area contributed by atoms with Gasteiger partial charge in [-0.05, 0) is 12.8 Å². The van der Waals surface area contributed by atoms with E-state index in [2.05, 4.69) is 18.4 Å². The van der Waals surface area contributed by atoms with E-state index >= 15 is 0 Å². The van der Waals surface area contributed by atoms with Crippen LogP contribution in [0.4, 0.5) is 0 Å². The number of rotatable bonds is 35. The molecule has 0 aromatic heterocycles. The molecule has 0 radical (unpaired) electrons. The zero-order valence-corrected chi connectivity index (χ0v) is 32.4. The number of aliphatic carboxylic acids is 2. The maximum atomic E-state index is 10.3. The number of carboxylic acid groups (broad SMARTS) is 2. The molecule has 0 heterocycles. The molecule has 0 rings (SSSR count). The van der Waals surface area contributed by atoms with E-state index in [0.29, 0.717) is 12.8 Å². The van der Waals surface area contributed by atoms with Gasteiger partial charge in [0.15, 0.2) is 0 Å². The second-order valence-electron chi connectivity index (χ2n) is 13.3. The van der Waals surface area contributed by atoms with Gasteiger partial charge in [0.2, 0.25) is 0 Å². The number of carboxylic acids is 2. The van der Waals surface area contributed by atoms with Gasteiger partial charge < -0.3 is 25.7 Å². The van der Waals surface area contributed by atoms with Gasteiger partial charge in [-0.2, -0.15) is 0 Å². The van der Waals surface area contributed by atoms with Crippen molar-refractivity contribution in [2.24, 2.45) is 5.73 Å². The highest BCUT2D eigenvalue weighted by molar-refractivity contribution is 7.46. The van der Waals surface area contributed by atoms with E-state index in [-0.39, 0.29) is 13.2 Å². The Hall–Kier alpha value is -0.990. The number of phosphoric ester groups is 1. The lowest BCUT2D eigenvalue weighted by molar-refractivity contribution is -0.138. The largest absolute Gasteiger partial charge is 0.481 e. The molecule has 0 bridgehead atoms. The molecule has 10 heteroatoms. The van der Waals surface area contributed by atoms with Crippen molar-refractivity contribution in [3.63, 3.8) is 0 Å². The molecule has 0 aromatic carbocycles. The van der Waals surface area contributed by atoms with Gasteiger partial charge in [-0.15, -0.1) is 0 Å². The SMILES string of the molecule is CCCCCCCCCCCCCCCCCC(=O)O.CCCCCCCCCCCCCCCCCC(=O)O.NCCOP(=O)(O)O. The number of hydrogen-bond acceptors (Lipinski definition) is 5. The van der Waals surface area contributed by atoms with Gasteiger partial charge in [0.1, 0.15) is 0 Å². The molecule has 0 saturated heterocycles. The van der Waals surface area contributed by atoms with Crippen molar-refractivity contribution in [1.29, 1.82) is 0 Å².